The summed E-state index contributed by atoms with van der Waals surface area (Å²) in [4.78, 5) is 8.68. The van der Waals surface area contributed by atoms with Crippen molar-refractivity contribution in [2.24, 2.45) is 0 Å². The third-order valence-corrected chi connectivity index (χ3v) is 2.83. The molecule has 0 atom stereocenters. The Kier molecular flexibility index (Phi) is 5.52. The maximum Gasteiger partial charge on any atom is 0.0950 e. The van der Waals surface area contributed by atoms with E-state index in [9.17, 15) is 0 Å². The molecule has 5 nitrogen and oxygen atoms in total. The molecule has 0 spiro atoms. The molecule has 2 heterocycles. The molecule has 5 heteroatoms. The van der Waals surface area contributed by atoms with Gasteiger partial charge in [0.15, 0.2) is 0 Å². The van der Waals surface area contributed by atoms with Crippen LogP contribution in [-0.2, 0) is 24.2 Å². The van der Waals surface area contributed by atoms with E-state index < -0.39 is 0 Å². The maximum atomic E-state index is 4.98. The number of nitrogens with one attached hydrogen (secondary N) is 1. The van der Waals surface area contributed by atoms with Crippen molar-refractivity contribution in [2.75, 3.05) is 20.3 Å². The van der Waals surface area contributed by atoms with Crippen molar-refractivity contribution < 1.29 is 4.74 Å². The average molecular weight is 260 g/mol. The third-order valence-electron chi connectivity index (χ3n) is 2.83. The second-order valence-corrected chi connectivity index (χ2v) is 4.34. The molecule has 2 aromatic rings. The Labute approximate surface area is 113 Å². The van der Waals surface area contributed by atoms with Gasteiger partial charge >= 0.3 is 0 Å². The Morgan fingerprint density at radius 1 is 1.26 bits per heavy atom. The Bertz CT molecular complexity index is 469. The van der Waals surface area contributed by atoms with Crippen molar-refractivity contribution in [3.63, 3.8) is 0 Å². The summed E-state index contributed by atoms with van der Waals surface area (Å²) in [5.74, 6) is 0. The lowest BCUT2D eigenvalue weighted by atomic mass is 10.3. The van der Waals surface area contributed by atoms with Crippen LogP contribution in [0.1, 0.15) is 11.4 Å². The van der Waals surface area contributed by atoms with Gasteiger partial charge in [0.25, 0.3) is 0 Å². The highest BCUT2D eigenvalue weighted by atomic mass is 16.5. The Hall–Kier alpha value is -1.72. The number of nitrogens with zero attached hydrogens (tertiary/aromatic N) is 3. The highest BCUT2D eigenvalue weighted by Gasteiger charge is 1.99. The first-order valence-corrected chi connectivity index (χ1v) is 6.48. The number of aromatic nitrogens is 3. The Morgan fingerprint density at radius 3 is 3.00 bits per heavy atom. The van der Waals surface area contributed by atoms with E-state index in [-0.39, 0.29) is 0 Å². The zero-order chi connectivity index (χ0) is 13.3. The maximum absolute atomic E-state index is 4.98. The average Bonchev–Trinajstić information content (AvgIpc) is 2.91. The van der Waals surface area contributed by atoms with Crippen LogP contribution in [-0.4, -0.2) is 34.8 Å². The number of methoxy groups -OCH3 is 1. The molecule has 0 aliphatic carbocycles. The number of rotatable bonds is 8. The molecule has 0 bridgehead atoms. The molecule has 1 N–H and O–H groups in total. The van der Waals surface area contributed by atoms with Crippen LogP contribution in [0.25, 0.3) is 0 Å². The van der Waals surface area contributed by atoms with Gasteiger partial charge in [-0.25, -0.2) is 4.98 Å². The third kappa shape index (κ3) is 4.81. The molecule has 0 aliphatic rings. The van der Waals surface area contributed by atoms with Crippen LogP contribution in [0, 0.1) is 0 Å². The first-order chi connectivity index (χ1) is 9.38. The van der Waals surface area contributed by atoms with Crippen molar-refractivity contribution in [3.8, 4) is 0 Å². The molecule has 0 saturated heterocycles. The smallest absolute Gasteiger partial charge is 0.0950 e. The van der Waals surface area contributed by atoms with Crippen LogP contribution >= 0.6 is 0 Å². The van der Waals surface area contributed by atoms with Crippen molar-refractivity contribution in [2.45, 2.75) is 19.5 Å². The molecule has 0 unspecified atom stereocenters. The van der Waals surface area contributed by atoms with E-state index in [1.165, 1.54) is 0 Å². The monoisotopic (exact) mass is 260 g/mol. The largest absolute Gasteiger partial charge is 0.383 e. The minimum absolute atomic E-state index is 0.723. The highest BCUT2D eigenvalue weighted by Crippen LogP contribution is 2.00. The Morgan fingerprint density at radius 2 is 2.21 bits per heavy atom. The van der Waals surface area contributed by atoms with E-state index in [1.54, 1.807) is 7.11 Å². The molecular weight excluding hydrogens is 240 g/mol. The zero-order valence-electron chi connectivity index (χ0n) is 11.2. The van der Waals surface area contributed by atoms with Crippen molar-refractivity contribution in [1.82, 2.24) is 19.9 Å². The van der Waals surface area contributed by atoms with Crippen LogP contribution in [0.3, 0.4) is 0 Å². The number of ether oxygens (including phenoxy) is 1. The van der Waals surface area contributed by atoms with Crippen LogP contribution in [0.15, 0.2) is 36.9 Å². The highest BCUT2D eigenvalue weighted by molar-refractivity contribution is 5.04. The summed E-state index contributed by atoms with van der Waals surface area (Å²) in [6, 6.07) is 6.00. The molecule has 19 heavy (non-hydrogen) atoms. The summed E-state index contributed by atoms with van der Waals surface area (Å²) in [5, 5.41) is 3.28. The van der Waals surface area contributed by atoms with Gasteiger partial charge in [0.05, 0.1) is 18.6 Å². The molecule has 0 fully saturated rings. The molecule has 2 aromatic heterocycles. The molecular formula is C14H20N4O. The molecule has 0 aliphatic heterocycles. The summed E-state index contributed by atoms with van der Waals surface area (Å²) in [6.07, 6.45) is 6.70. The first-order valence-electron chi connectivity index (χ1n) is 6.48. The summed E-state index contributed by atoms with van der Waals surface area (Å²) in [7, 11) is 1.70. The zero-order valence-corrected chi connectivity index (χ0v) is 11.2. The van der Waals surface area contributed by atoms with E-state index in [0.29, 0.717) is 0 Å². The van der Waals surface area contributed by atoms with Crippen molar-refractivity contribution >= 4 is 0 Å². The van der Waals surface area contributed by atoms with Gasteiger partial charge in [-0.15, -0.1) is 0 Å². The molecule has 0 saturated carbocycles. The number of hydrogen-bond donors (Lipinski definition) is 1. The van der Waals surface area contributed by atoms with Gasteiger partial charge in [0.2, 0.25) is 0 Å². The van der Waals surface area contributed by atoms with E-state index in [4.69, 9.17) is 4.74 Å². The van der Waals surface area contributed by atoms with Crippen LogP contribution in [0.2, 0.25) is 0 Å². The van der Waals surface area contributed by atoms with E-state index in [1.807, 2.05) is 30.7 Å². The number of hydrogen-bond acceptors (Lipinski definition) is 4. The van der Waals surface area contributed by atoms with Crippen LogP contribution < -0.4 is 5.32 Å². The molecule has 0 amide bonds. The normalized spacial score (nSPS) is 10.8. The van der Waals surface area contributed by atoms with Gasteiger partial charge in [0, 0.05) is 51.3 Å². The minimum atomic E-state index is 0.723. The van der Waals surface area contributed by atoms with Crippen molar-refractivity contribution in [3.05, 3.63) is 48.3 Å². The van der Waals surface area contributed by atoms with Gasteiger partial charge in [-0.2, -0.15) is 0 Å². The second-order valence-electron chi connectivity index (χ2n) is 4.34. The summed E-state index contributed by atoms with van der Waals surface area (Å²) in [6.45, 7) is 3.25. The minimum Gasteiger partial charge on any atom is -0.383 e. The lowest BCUT2D eigenvalue weighted by molar-refractivity contribution is 0.199. The fourth-order valence-corrected chi connectivity index (χ4v) is 1.80. The van der Waals surface area contributed by atoms with E-state index in [2.05, 4.69) is 26.0 Å². The molecule has 102 valence electrons. The summed E-state index contributed by atoms with van der Waals surface area (Å²) >= 11 is 0. The fourth-order valence-electron chi connectivity index (χ4n) is 1.80. The number of aryl methyl sites for hydroxylation is 2. The summed E-state index contributed by atoms with van der Waals surface area (Å²) < 4.78 is 7.08. The molecule has 2 rings (SSSR count). The predicted molar refractivity (Wildman–Crippen MR) is 73.8 cm³/mol. The van der Waals surface area contributed by atoms with E-state index in [0.717, 1.165) is 44.0 Å². The topological polar surface area (TPSA) is 52.0 Å². The quantitative estimate of drug-likeness (QED) is 0.726. The first kappa shape index (κ1) is 13.7. The Balaban J connectivity index is 1.74. The lowest BCUT2D eigenvalue weighted by Gasteiger charge is -2.02. The van der Waals surface area contributed by atoms with Crippen LogP contribution in [0.4, 0.5) is 0 Å². The van der Waals surface area contributed by atoms with Gasteiger partial charge in [-0.1, -0.05) is 6.07 Å². The predicted octanol–water partition coefficient (Wildman–Crippen LogP) is 1.26. The van der Waals surface area contributed by atoms with Gasteiger partial charge in [-0.05, 0) is 12.1 Å². The second kappa shape index (κ2) is 7.66. The number of pyridine rings is 1. The van der Waals surface area contributed by atoms with E-state index >= 15 is 0 Å². The fraction of sp³-hybridized carbons (Fsp3) is 0.429. The summed E-state index contributed by atoms with van der Waals surface area (Å²) in [5.41, 5.74) is 2.16. The van der Waals surface area contributed by atoms with Gasteiger partial charge in [0.1, 0.15) is 0 Å². The standard InChI is InChI=1S/C14H20N4O/c1-19-9-7-15-10-14-11-18(12-17-14)8-5-13-4-2-3-6-16-13/h2-4,6,11-12,15H,5,7-10H2,1H3. The molecule has 0 aromatic carbocycles. The van der Waals surface area contributed by atoms with Crippen LogP contribution in [0.5, 0.6) is 0 Å². The molecule has 0 radical (unpaired) electrons. The van der Waals surface area contributed by atoms with Crippen molar-refractivity contribution in [1.29, 1.82) is 0 Å². The number of imidazole rings is 1. The SMILES string of the molecule is COCCNCc1cn(CCc2ccccn2)cn1. The van der Waals surface area contributed by atoms with Gasteiger partial charge < -0.3 is 14.6 Å². The lowest BCUT2D eigenvalue weighted by Crippen LogP contribution is -2.18. The van der Waals surface area contributed by atoms with Gasteiger partial charge in [-0.3, -0.25) is 4.98 Å².